The number of rotatable bonds is 8. The van der Waals surface area contributed by atoms with Gasteiger partial charge in [-0.3, -0.25) is 4.79 Å². The third-order valence-electron chi connectivity index (χ3n) is 4.41. The molecule has 0 heterocycles. The zero-order valence-corrected chi connectivity index (χ0v) is 15.6. The summed E-state index contributed by atoms with van der Waals surface area (Å²) in [6.45, 7) is 6.42. The minimum Gasteiger partial charge on any atom is -0.332 e. The van der Waals surface area contributed by atoms with Crippen LogP contribution in [0.2, 0.25) is 0 Å². The molecule has 2 aromatic rings. The number of amides is 1. The zero-order chi connectivity index (χ0) is 19.1. The van der Waals surface area contributed by atoms with Gasteiger partial charge in [0.05, 0.1) is 0 Å². The summed E-state index contributed by atoms with van der Waals surface area (Å²) in [4.78, 5) is 12.1. The van der Waals surface area contributed by atoms with Crippen LogP contribution >= 0.6 is 0 Å². The molecule has 3 nitrogen and oxygen atoms in total. The van der Waals surface area contributed by atoms with Crippen molar-refractivity contribution in [2.24, 2.45) is 5.92 Å². The number of aryl methyl sites for hydroxylation is 1. The lowest BCUT2D eigenvalue weighted by molar-refractivity contribution is -0.692. The van der Waals surface area contributed by atoms with Crippen molar-refractivity contribution in [1.82, 2.24) is 0 Å². The van der Waals surface area contributed by atoms with Crippen LogP contribution in [0.15, 0.2) is 42.5 Å². The molecule has 0 fully saturated rings. The van der Waals surface area contributed by atoms with E-state index in [0.29, 0.717) is 5.92 Å². The van der Waals surface area contributed by atoms with Gasteiger partial charge in [0.15, 0.2) is 6.54 Å². The van der Waals surface area contributed by atoms with Crippen LogP contribution in [0.4, 0.5) is 14.5 Å². The number of hydrogen-bond donors (Lipinski definition) is 2. The molecule has 0 aromatic heterocycles. The first-order valence-electron chi connectivity index (χ1n) is 9.08. The molecule has 0 aliphatic carbocycles. The molecular weight excluding hydrogens is 334 g/mol. The molecule has 0 radical (unpaired) electrons. The number of nitrogens with two attached hydrogens (primary N) is 1. The number of para-hydroxylation sites is 1. The van der Waals surface area contributed by atoms with Gasteiger partial charge >= 0.3 is 0 Å². The van der Waals surface area contributed by atoms with E-state index in [-0.39, 0.29) is 12.6 Å². The molecule has 5 heteroatoms. The number of nitrogens with one attached hydrogen (secondary N) is 1. The zero-order valence-electron chi connectivity index (χ0n) is 15.6. The van der Waals surface area contributed by atoms with E-state index >= 15 is 0 Å². The van der Waals surface area contributed by atoms with Gasteiger partial charge in [0.1, 0.15) is 23.4 Å². The number of anilines is 1. The SMILES string of the molecule is CCCc1ccc([C@H]([NH2+]CC(=O)Nc2c(F)cccc2F)C(C)C)cc1. The van der Waals surface area contributed by atoms with Gasteiger partial charge in [-0.05, 0) is 24.1 Å². The van der Waals surface area contributed by atoms with E-state index < -0.39 is 23.2 Å². The molecule has 0 spiro atoms. The fourth-order valence-corrected chi connectivity index (χ4v) is 3.03. The maximum atomic E-state index is 13.6. The molecule has 0 bridgehead atoms. The van der Waals surface area contributed by atoms with Gasteiger partial charge in [-0.25, -0.2) is 8.78 Å². The van der Waals surface area contributed by atoms with Crippen molar-refractivity contribution >= 4 is 11.6 Å². The Morgan fingerprint density at radius 1 is 1.08 bits per heavy atom. The van der Waals surface area contributed by atoms with Gasteiger partial charge in [0.25, 0.3) is 5.91 Å². The fraction of sp³-hybridized carbons (Fsp3) is 0.381. The van der Waals surface area contributed by atoms with Crippen LogP contribution in [0.1, 0.15) is 44.4 Å². The highest BCUT2D eigenvalue weighted by Gasteiger charge is 2.21. The van der Waals surface area contributed by atoms with E-state index in [1.165, 1.54) is 11.6 Å². The molecule has 0 unspecified atom stereocenters. The predicted molar refractivity (Wildman–Crippen MR) is 99.8 cm³/mol. The molecular formula is C21H27F2N2O+. The molecule has 26 heavy (non-hydrogen) atoms. The summed E-state index contributed by atoms with van der Waals surface area (Å²) in [5.41, 5.74) is 2.05. The van der Waals surface area contributed by atoms with Gasteiger partial charge in [-0.15, -0.1) is 0 Å². The number of halogens is 2. The van der Waals surface area contributed by atoms with Crippen molar-refractivity contribution in [2.45, 2.75) is 39.7 Å². The largest absolute Gasteiger partial charge is 0.332 e. The number of benzene rings is 2. The Labute approximate surface area is 153 Å². The predicted octanol–water partition coefficient (Wildman–Crippen LogP) is 3.82. The Hall–Kier alpha value is -2.27. The minimum atomic E-state index is -0.773. The lowest BCUT2D eigenvalue weighted by Crippen LogP contribution is -2.88. The summed E-state index contributed by atoms with van der Waals surface area (Å²) in [5, 5.41) is 4.24. The first-order chi connectivity index (χ1) is 12.4. The topological polar surface area (TPSA) is 45.7 Å². The van der Waals surface area contributed by atoms with Gasteiger partial charge in [0, 0.05) is 11.5 Å². The smallest absolute Gasteiger partial charge is 0.279 e. The van der Waals surface area contributed by atoms with Crippen molar-refractivity contribution < 1.29 is 18.9 Å². The first kappa shape index (κ1) is 20.0. The van der Waals surface area contributed by atoms with E-state index in [4.69, 9.17) is 0 Å². The maximum Gasteiger partial charge on any atom is 0.279 e. The van der Waals surface area contributed by atoms with Crippen LogP contribution in [0.5, 0.6) is 0 Å². The van der Waals surface area contributed by atoms with Crippen molar-refractivity contribution in [3.8, 4) is 0 Å². The lowest BCUT2D eigenvalue weighted by atomic mass is 9.94. The van der Waals surface area contributed by atoms with Crippen molar-refractivity contribution in [1.29, 1.82) is 0 Å². The number of carbonyl (C=O) groups excluding carboxylic acids is 1. The third kappa shape index (κ3) is 5.36. The standard InChI is InChI=1S/C21H26F2N2O/c1-4-6-15-9-11-16(12-10-15)20(14(2)3)24-13-19(26)25-21-17(22)7-5-8-18(21)23/h5,7-12,14,20,24H,4,6,13H2,1-3H3,(H,25,26)/p+1/t20-/m1/s1. The molecule has 2 aromatic carbocycles. The van der Waals surface area contributed by atoms with Crippen LogP contribution in [-0.4, -0.2) is 12.5 Å². The van der Waals surface area contributed by atoms with Gasteiger partial charge in [0.2, 0.25) is 0 Å². The summed E-state index contributed by atoms with van der Waals surface area (Å²) in [6.07, 6.45) is 2.15. The monoisotopic (exact) mass is 361 g/mol. The van der Waals surface area contributed by atoms with Crippen LogP contribution in [0.3, 0.4) is 0 Å². The molecule has 0 aliphatic heterocycles. The van der Waals surface area contributed by atoms with Crippen LogP contribution < -0.4 is 10.6 Å². The summed E-state index contributed by atoms with van der Waals surface area (Å²) in [7, 11) is 0. The highest BCUT2D eigenvalue weighted by molar-refractivity contribution is 5.91. The van der Waals surface area contributed by atoms with E-state index in [1.54, 1.807) is 0 Å². The van der Waals surface area contributed by atoms with Crippen molar-refractivity contribution in [3.63, 3.8) is 0 Å². The Balaban J connectivity index is 2.00. The molecule has 0 saturated heterocycles. The molecule has 140 valence electrons. The quantitative estimate of drug-likeness (QED) is 0.738. The summed E-state index contributed by atoms with van der Waals surface area (Å²) < 4.78 is 27.3. The summed E-state index contributed by atoms with van der Waals surface area (Å²) in [5.74, 6) is -1.66. The maximum absolute atomic E-state index is 13.6. The molecule has 0 aliphatic rings. The van der Waals surface area contributed by atoms with Crippen LogP contribution in [-0.2, 0) is 11.2 Å². The average Bonchev–Trinajstić information content (AvgIpc) is 2.60. The average molecular weight is 361 g/mol. The number of quaternary nitrogens is 1. The fourth-order valence-electron chi connectivity index (χ4n) is 3.03. The van der Waals surface area contributed by atoms with Gasteiger partial charge < -0.3 is 10.6 Å². The van der Waals surface area contributed by atoms with E-state index in [2.05, 4.69) is 50.4 Å². The van der Waals surface area contributed by atoms with Crippen molar-refractivity contribution in [3.05, 3.63) is 65.2 Å². The van der Waals surface area contributed by atoms with Crippen molar-refractivity contribution in [2.75, 3.05) is 11.9 Å². The molecule has 2 rings (SSSR count). The third-order valence-corrected chi connectivity index (χ3v) is 4.41. The molecule has 1 atom stereocenters. The Bertz CT molecular complexity index is 709. The Morgan fingerprint density at radius 3 is 2.23 bits per heavy atom. The van der Waals surface area contributed by atoms with Gasteiger partial charge in [-0.2, -0.15) is 0 Å². The molecule has 3 N–H and O–H groups in total. The second-order valence-corrected chi connectivity index (χ2v) is 6.85. The number of carbonyl (C=O) groups is 1. The number of hydrogen-bond acceptors (Lipinski definition) is 1. The minimum absolute atomic E-state index is 0.0906. The Kier molecular flexibility index (Phi) is 7.27. The Morgan fingerprint density at radius 2 is 1.69 bits per heavy atom. The molecule has 0 saturated carbocycles. The normalized spacial score (nSPS) is 12.2. The van der Waals surface area contributed by atoms with Gasteiger partial charge in [-0.1, -0.05) is 57.5 Å². The van der Waals surface area contributed by atoms with E-state index in [1.807, 2.05) is 5.32 Å². The van der Waals surface area contributed by atoms with Crippen LogP contribution in [0.25, 0.3) is 0 Å². The van der Waals surface area contributed by atoms with E-state index in [9.17, 15) is 13.6 Å². The first-order valence-corrected chi connectivity index (χ1v) is 9.08. The lowest BCUT2D eigenvalue weighted by Gasteiger charge is -2.20. The summed E-state index contributed by atoms with van der Waals surface area (Å²) in [6, 6.07) is 12.1. The van der Waals surface area contributed by atoms with Crippen LogP contribution in [0, 0.1) is 17.6 Å². The molecule has 1 amide bonds. The highest BCUT2D eigenvalue weighted by Crippen LogP contribution is 2.19. The second kappa shape index (κ2) is 9.43. The highest BCUT2D eigenvalue weighted by atomic mass is 19.1. The van der Waals surface area contributed by atoms with E-state index in [0.717, 1.165) is 30.5 Å². The summed E-state index contributed by atoms with van der Waals surface area (Å²) >= 11 is 0. The second-order valence-electron chi connectivity index (χ2n) is 6.85.